The molecule has 1 fully saturated rings. The van der Waals surface area contributed by atoms with E-state index < -0.39 is 0 Å². The largest absolute Gasteiger partial charge is 0.360 e. The first-order chi connectivity index (χ1) is 10.6. The molecule has 0 atom stereocenters. The molecule has 1 aliphatic rings. The van der Waals surface area contributed by atoms with Crippen molar-refractivity contribution in [2.75, 3.05) is 0 Å². The molecule has 0 radical (unpaired) electrons. The second-order valence-electron chi connectivity index (χ2n) is 5.42. The van der Waals surface area contributed by atoms with Crippen LogP contribution in [0.3, 0.4) is 0 Å². The normalized spacial score (nSPS) is 13.9. The average Bonchev–Trinajstić information content (AvgIpc) is 3.22. The molecular weight excluding hydrogens is 304 g/mol. The van der Waals surface area contributed by atoms with Crippen molar-refractivity contribution in [3.8, 4) is 0 Å². The molecule has 6 heteroatoms. The third kappa shape index (κ3) is 3.04. The number of carbonyl (C=O) groups is 2. The molecule has 0 saturated heterocycles. The van der Waals surface area contributed by atoms with Crippen molar-refractivity contribution in [1.29, 1.82) is 0 Å². The first-order valence-corrected chi connectivity index (χ1v) is 7.46. The van der Waals surface area contributed by atoms with Crippen LogP contribution in [-0.2, 0) is 11.3 Å². The maximum atomic E-state index is 12.6. The van der Waals surface area contributed by atoms with Gasteiger partial charge in [0.2, 0.25) is 5.91 Å². The summed E-state index contributed by atoms with van der Waals surface area (Å²) >= 11 is 6.11. The fourth-order valence-corrected chi connectivity index (χ4v) is 2.47. The standard InChI is InChI=1S/C16H15ClN2O3/c1-9(20)18-7-12-6-11(4-5-14(12)17)15(21)13-8-19-22-16(13)10-2-3-10/h4-6,8,10H,2-3,7H2,1H3,(H,18,20). The lowest BCUT2D eigenvalue weighted by Crippen LogP contribution is -2.19. The number of rotatable bonds is 5. The molecule has 1 heterocycles. The zero-order valence-corrected chi connectivity index (χ0v) is 12.8. The summed E-state index contributed by atoms with van der Waals surface area (Å²) in [6.07, 6.45) is 3.53. The van der Waals surface area contributed by atoms with Crippen LogP contribution in [0.2, 0.25) is 5.02 Å². The van der Waals surface area contributed by atoms with Crippen LogP contribution < -0.4 is 5.32 Å². The molecule has 2 aromatic rings. The summed E-state index contributed by atoms with van der Waals surface area (Å²) in [6.45, 7) is 1.72. The van der Waals surface area contributed by atoms with Crippen LogP contribution >= 0.6 is 11.6 Å². The van der Waals surface area contributed by atoms with Crippen LogP contribution in [0.4, 0.5) is 0 Å². The number of hydrogen-bond donors (Lipinski definition) is 1. The predicted molar refractivity (Wildman–Crippen MR) is 80.9 cm³/mol. The number of nitrogens with zero attached hydrogens (tertiary/aromatic N) is 1. The van der Waals surface area contributed by atoms with Gasteiger partial charge < -0.3 is 9.84 Å². The van der Waals surface area contributed by atoms with Gasteiger partial charge in [0.1, 0.15) is 0 Å². The van der Waals surface area contributed by atoms with Crippen LogP contribution in [0.1, 0.15) is 52.9 Å². The molecule has 3 rings (SSSR count). The van der Waals surface area contributed by atoms with Crippen molar-refractivity contribution in [2.45, 2.75) is 32.2 Å². The zero-order chi connectivity index (χ0) is 15.7. The maximum absolute atomic E-state index is 12.6. The Morgan fingerprint density at radius 2 is 2.18 bits per heavy atom. The van der Waals surface area contributed by atoms with Gasteiger partial charge in [-0.1, -0.05) is 16.8 Å². The van der Waals surface area contributed by atoms with Crippen LogP contribution in [0.25, 0.3) is 0 Å². The second kappa shape index (κ2) is 5.93. The number of aromatic nitrogens is 1. The minimum absolute atomic E-state index is 0.135. The van der Waals surface area contributed by atoms with Gasteiger partial charge in [-0.3, -0.25) is 9.59 Å². The first-order valence-electron chi connectivity index (χ1n) is 7.08. The van der Waals surface area contributed by atoms with Gasteiger partial charge in [-0.25, -0.2) is 0 Å². The molecule has 5 nitrogen and oxygen atoms in total. The van der Waals surface area contributed by atoms with Crippen molar-refractivity contribution < 1.29 is 14.1 Å². The van der Waals surface area contributed by atoms with E-state index in [1.807, 2.05) is 0 Å². The third-order valence-electron chi connectivity index (χ3n) is 3.63. The van der Waals surface area contributed by atoms with Gasteiger partial charge >= 0.3 is 0 Å². The molecule has 1 aromatic heterocycles. The Hall–Kier alpha value is -2.14. The quantitative estimate of drug-likeness (QED) is 0.860. The fourth-order valence-electron chi connectivity index (χ4n) is 2.29. The van der Waals surface area contributed by atoms with Crippen LogP contribution in [-0.4, -0.2) is 16.8 Å². The Morgan fingerprint density at radius 1 is 1.41 bits per heavy atom. The smallest absolute Gasteiger partial charge is 0.217 e. The summed E-state index contributed by atoms with van der Waals surface area (Å²) < 4.78 is 5.21. The van der Waals surface area contributed by atoms with Gasteiger partial charge in [-0.2, -0.15) is 0 Å². The van der Waals surface area contributed by atoms with E-state index in [0.29, 0.717) is 33.4 Å². The highest BCUT2D eigenvalue weighted by molar-refractivity contribution is 6.31. The predicted octanol–water partition coefficient (Wildman–Crippen LogP) is 3.07. The molecule has 1 aromatic carbocycles. The van der Waals surface area contributed by atoms with Gasteiger partial charge in [-0.15, -0.1) is 0 Å². The molecule has 114 valence electrons. The average molecular weight is 319 g/mol. The lowest BCUT2D eigenvalue weighted by molar-refractivity contribution is -0.119. The highest BCUT2D eigenvalue weighted by Crippen LogP contribution is 2.42. The number of halogens is 1. The number of carbonyl (C=O) groups excluding carboxylic acids is 2. The summed E-state index contributed by atoms with van der Waals surface area (Å²) in [7, 11) is 0. The monoisotopic (exact) mass is 318 g/mol. The summed E-state index contributed by atoms with van der Waals surface area (Å²) in [5.41, 5.74) is 1.72. The van der Waals surface area contributed by atoms with Gasteiger partial charge in [0.25, 0.3) is 0 Å². The van der Waals surface area contributed by atoms with Gasteiger partial charge in [0.15, 0.2) is 11.5 Å². The van der Waals surface area contributed by atoms with E-state index in [1.54, 1.807) is 18.2 Å². The summed E-state index contributed by atoms with van der Waals surface area (Å²) in [5.74, 6) is 0.697. The Kier molecular flexibility index (Phi) is 3.98. The molecule has 1 aliphatic carbocycles. The van der Waals surface area contributed by atoms with Crippen molar-refractivity contribution >= 4 is 23.3 Å². The number of ketones is 1. The van der Waals surface area contributed by atoms with Crippen molar-refractivity contribution in [3.63, 3.8) is 0 Å². The Morgan fingerprint density at radius 3 is 2.86 bits per heavy atom. The molecule has 22 heavy (non-hydrogen) atoms. The number of hydrogen-bond acceptors (Lipinski definition) is 4. The first kappa shape index (κ1) is 14.8. The van der Waals surface area contributed by atoms with E-state index in [4.69, 9.17) is 16.1 Å². The maximum Gasteiger partial charge on any atom is 0.217 e. The minimum atomic E-state index is -0.150. The highest BCUT2D eigenvalue weighted by Gasteiger charge is 2.32. The molecule has 0 unspecified atom stereocenters. The number of benzene rings is 1. The van der Waals surface area contributed by atoms with Crippen LogP contribution in [0, 0.1) is 0 Å². The molecule has 1 amide bonds. The van der Waals surface area contributed by atoms with Gasteiger partial charge in [0.05, 0.1) is 11.8 Å². The van der Waals surface area contributed by atoms with Gasteiger partial charge in [0, 0.05) is 30.0 Å². The SMILES string of the molecule is CC(=O)NCc1cc(C(=O)c2cnoc2C2CC2)ccc1Cl. The molecule has 0 bridgehead atoms. The topological polar surface area (TPSA) is 72.2 Å². The fraction of sp³-hybridized carbons (Fsp3) is 0.312. The van der Waals surface area contributed by atoms with Crippen molar-refractivity contribution in [3.05, 3.63) is 51.9 Å². The lowest BCUT2D eigenvalue weighted by Gasteiger charge is -2.07. The van der Waals surface area contributed by atoms with E-state index in [0.717, 1.165) is 12.8 Å². The van der Waals surface area contributed by atoms with Crippen LogP contribution in [0.15, 0.2) is 28.9 Å². The van der Waals surface area contributed by atoms with Gasteiger partial charge in [-0.05, 0) is 36.6 Å². The molecule has 1 N–H and O–H groups in total. The van der Waals surface area contributed by atoms with Crippen molar-refractivity contribution in [1.82, 2.24) is 10.5 Å². The minimum Gasteiger partial charge on any atom is -0.360 e. The number of amides is 1. The Labute approximate surface area is 132 Å². The summed E-state index contributed by atoms with van der Waals surface area (Å²) in [5, 5.41) is 6.94. The van der Waals surface area contributed by atoms with E-state index >= 15 is 0 Å². The van der Waals surface area contributed by atoms with E-state index in [1.165, 1.54) is 13.1 Å². The Bertz CT molecular complexity index is 735. The third-order valence-corrected chi connectivity index (χ3v) is 4.00. The molecule has 1 saturated carbocycles. The van der Waals surface area contributed by atoms with Crippen molar-refractivity contribution in [2.24, 2.45) is 0 Å². The van der Waals surface area contributed by atoms with E-state index in [9.17, 15) is 9.59 Å². The highest BCUT2D eigenvalue weighted by atomic mass is 35.5. The number of nitrogens with one attached hydrogen (secondary N) is 1. The molecule has 0 spiro atoms. The zero-order valence-electron chi connectivity index (χ0n) is 12.1. The lowest BCUT2D eigenvalue weighted by atomic mass is 10.0. The van der Waals surface area contributed by atoms with E-state index in [-0.39, 0.29) is 18.2 Å². The summed E-state index contributed by atoms with van der Waals surface area (Å²) in [6, 6.07) is 5.03. The van der Waals surface area contributed by atoms with Crippen LogP contribution in [0.5, 0.6) is 0 Å². The second-order valence-corrected chi connectivity index (χ2v) is 5.83. The molecular formula is C16H15ClN2O3. The molecule has 0 aliphatic heterocycles. The summed E-state index contributed by atoms with van der Waals surface area (Å²) in [4.78, 5) is 23.7. The Balaban J connectivity index is 1.87. The van der Waals surface area contributed by atoms with E-state index in [2.05, 4.69) is 10.5 Å².